The summed E-state index contributed by atoms with van der Waals surface area (Å²) in [4.78, 5) is 4.01. The van der Waals surface area contributed by atoms with Gasteiger partial charge in [-0.1, -0.05) is 18.2 Å². The largest absolute Gasteiger partial charge is 0.348 e. The van der Waals surface area contributed by atoms with Crippen molar-refractivity contribution in [2.75, 3.05) is 0 Å². The standard InChI is InChI=1S/C9H7FN2OS/c10-7-4-2-1-3-6(7)5-8-11-9(14)13-12-8/h1-4H,5H2,(H,11,12,14). The molecular formula is C9H7FN2OS. The van der Waals surface area contributed by atoms with E-state index in [-0.39, 0.29) is 10.7 Å². The van der Waals surface area contributed by atoms with E-state index in [1.807, 2.05) is 0 Å². The summed E-state index contributed by atoms with van der Waals surface area (Å²) in [6.45, 7) is 0. The molecule has 0 fully saturated rings. The van der Waals surface area contributed by atoms with Crippen molar-refractivity contribution in [3.05, 3.63) is 46.3 Å². The zero-order valence-corrected chi connectivity index (χ0v) is 7.97. The van der Waals surface area contributed by atoms with Gasteiger partial charge in [0.25, 0.3) is 0 Å². The first kappa shape index (κ1) is 9.08. The third-order valence-corrected chi connectivity index (χ3v) is 1.97. The van der Waals surface area contributed by atoms with Gasteiger partial charge >= 0.3 is 4.84 Å². The van der Waals surface area contributed by atoms with Gasteiger partial charge in [-0.25, -0.2) is 9.55 Å². The second-order valence-corrected chi connectivity index (χ2v) is 3.15. The fourth-order valence-electron chi connectivity index (χ4n) is 1.16. The third-order valence-electron chi connectivity index (χ3n) is 1.80. The molecule has 0 aliphatic heterocycles. The highest BCUT2D eigenvalue weighted by molar-refractivity contribution is 7.71. The molecule has 1 N–H and O–H groups in total. The van der Waals surface area contributed by atoms with Crippen molar-refractivity contribution >= 4 is 12.2 Å². The third kappa shape index (κ3) is 1.88. The summed E-state index contributed by atoms with van der Waals surface area (Å²) in [7, 11) is 0. The van der Waals surface area contributed by atoms with Crippen LogP contribution in [0.4, 0.5) is 4.39 Å². The van der Waals surface area contributed by atoms with E-state index in [4.69, 9.17) is 4.52 Å². The van der Waals surface area contributed by atoms with Crippen molar-refractivity contribution in [1.82, 2.24) is 10.1 Å². The minimum absolute atomic E-state index is 0.135. The number of H-pyrrole nitrogens is 1. The summed E-state index contributed by atoms with van der Waals surface area (Å²) >= 11 is 4.68. The molecule has 0 spiro atoms. The lowest BCUT2D eigenvalue weighted by atomic mass is 10.1. The van der Waals surface area contributed by atoms with Gasteiger partial charge in [-0.05, 0) is 23.8 Å². The van der Waals surface area contributed by atoms with E-state index in [2.05, 4.69) is 22.4 Å². The van der Waals surface area contributed by atoms with Crippen LogP contribution in [0.25, 0.3) is 0 Å². The Kier molecular flexibility index (Phi) is 2.41. The lowest BCUT2D eigenvalue weighted by Crippen LogP contribution is -1.93. The van der Waals surface area contributed by atoms with Crippen molar-refractivity contribution in [1.29, 1.82) is 0 Å². The molecule has 2 rings (SSSR count). The van der Waals surface area contributed by atoms with E-state index < -0.39 is 0 Å². The molecular weight excluding hydrogens is 203 g/mol. The maximum atomic E-state index is 13.2. The Morgan fingerprint density at radius 3 is 2.86 bits per heavy atom. The second kappa shape index (κ2) is 3.71. The highest BCUT2D eigenvalue weighted by atomic mass is 32.1. The van der Waals surface area contributed by atoms with Crippen LogP contribution < -0.4 is 0 Å². The Balaban J connectivity index is 2.27. The molecule has 1 heterocycles. The molecule has 5 heteroatoms. The van der Waals surface area contributed by atoms with Crippen LogP contribution in [0, 0.1) is 10.7 Å². The summed E-state index contributed by atoms with van der Waals surface area (Å²) < 4.78 is 17.9. The quantitative estimate of drug-likeness (QED) is 0.774. The summed E-state index contributed by atoms with van der Waals surface area (Å²) in [5.41, 5.74) is 0.562. The first-order chi connectivity index (χ1) is 6.75. The second-order valence-electron chi connectivity index (χ2n) is 2.80. The molecule has 14 heavy (non-hydrogen) atoms. The van der Waals surface area contributed by atoms with Gasteiger partial charge in [-0.15, -0.1) is 0 Å². The summed E-state index contributed by atoms with van der Waals surface area (Å²) in [5, 5.41) is 2.52. The van der Waals surface area contributed by atoms with Crippen LogP contribution in [-0.2, 0) is 6.42 Å². The van der Waals surface area contributed by atoms with Gasteiger partial charge in [0.2, 0.25) is 0 Å². The first-order valence-electron chi connectivity index (χ1n) is 4.03. The average molecular weight is 210 g/mol. The number of hydrogen-bond acceptors (Lipinski definition) is 3. The SMILES string of the molecule is Fc1ccccc1Cc1nc(=S)o[nH]1. The van der Waals surface area contributed by atoms with Crippen molar-refractivity contribution in [2.24, 2.45) is 0 Å². The van der Waals surface area contributed by atoms with Crippen LogP contribution >= 0.6 is 12.2 Å². The van der Waals surface area contributed by atoms with Gasteiger partial charge in [-0.3, -0.25) is 0 Å². The first-order valence-corrected chi connectivity index (χ1v) is 4.44. The molecule has 0 radical (unpaired) electrons. The predicted molar refractivity (Wildman–Crippen MR) is 50.9 cm³/mol. The summed E-state index contributed by atoms with van der Waals surface area (Å²) in [6, 6.07) is 6.52. The number of aromatic nitrogens is 2. The monoisotopic (exact) mass is 210 g/mol. The predicted octanol–water partition coefficient (Wildman–Crippen LogP) is 2.46. The summed E-state index contributed by atoms with van der Waals surface area (Å²) in [6.07, 6.45) is 0.354. The van der Waals surface area contributed by atoms with Gasteiger partial charge in [0.1, 0.15) is 11.6 Å². The average Bonchev–Trinajstić information content (AvgIpc) is 2.56. The molecule has 0 aliphatic rings. The minimum atomic E-state index is -0.255. The van der Waals surface area contributed by atoms with Crippen LogP contribution in [-0.4, -0.2) is 10.1 Å². The molecule has 0 amide bonds. The number of rotatable bonds is 2. The van der Waals surface area contributed by atoms with Crippen molar-refractivity contribution < 1.29 is 8.91 Å². The Morgan fingerprint density at radius 2 is 2.21 bits per heavy atom. The molecule has 72 valence electrons. The number of benzene rings is 1. The van der Waals surface area contributed by atoms with Crippen LogP contribution in [0.1, 0.15) is 11.4 Å². The molecule has 0 saturated carbocycles. The lowest BCUT2D eigenvalue weighted by Gasteiger charge is -1.97. The Hall–Kier alpha value is -1.49. The zero-order chi connectivity index (χ0) is 9.97. The molecule has 0 saturated heterocycles. The van der Waals surface area contributed by atoms with Gasteiger partial charge in [-0.2, -0.15) is 4.98 Å². The highest BCUT2D eigenvalue weighted by Gasteiger charge is 2.04. The number of hydrogen-bond donors (Lipinski definition) is 1. The summed E-state index contributed by atoms with van der Waals surface area (Å²) in [5.74, 6) is 0.273. The molecule has 1 aromatic carbocycles. The number of nitrogens with zero attached hydrogens (tertiary/aromatic N) is 1. The van der Waals surface area contributed by atoms with Crippen LogP contribution in [0.3, 0.4) is 0 Å². The molecule has 0 bridgehead atoms. The molecule has 1 aromatic heterocycles. The van der Waals surface area contributed by atoms with Crippen molar-refractivity contribution in [3.8, 4) is 0 Å². The number of aromatic amines is 1. The van der Waals surface area contributed by atoms with Gasteiger partial charge in [0.15, 0.2) is 0 Å². The minimum Gasteiger partial charge on any atom is -0.348 e. The molecule has 0 unspecified atom stereocenters. The van der Waals surface area contributed by atoms with E-state index in [0.29, 0.717) is 17.8 Å². The van der Waals surface area contributed by atoms with E-state index in [1.54, 1.807) is 18.2 Å². The maximum absolute atomic E-state index is 13.2. The fraction of sp³-hybridized carbons (Fsp3) is 0.111. The zero-order valence-electron chi connectivity index (χ0n) is 7.16. The van der Waals surface area contributed by atoms with E-state index in [9.17, 15) is 4.39 Å². The molecule has 0 aliphatic carbocycles. The maximum Gasteiger partial charge on any atom is 0.314 e. The molecule has 3 nitrogen and oxygen atoms in total. The van der Waals surface area contributed by atoms with E-state index in [0.717, 1.165) is 0 Å². The van der Waals surface area contributed by atoms with Crippen LogP contribution in [0.15, 0.2) is 28.8 Å². The Labute approximate surface area is 84.6 Å². The van der Waals surface area contributed by atoms with Gasteiger partial charge < -0.3 is 4.52 Å². The normalized spacial score (nSPS) is 10.4. The number of nitrogens with one attached hydrogen (secondary N) is 1. The van der Waals surface area contributed by atoms with E-state index in [1.165, 1.54) is 6.07 Å². The highest BCUT2D eigenvalue weighted by Crippen LogP contribution is 2.10. The van der Waals surface area contributed by atoms with E-state index >= 15 is 0 Å². The van der Waals surface area contributed by atoms with Crippen LogP contribution in [0.2, 0.25) is 0 Å². The van der Waals surface area contributed by atoms with Crippen LogP contribution in [0.5, 0.6) is 0 Å². The lowest BCUT2D eigenvalue weighted by molar-refractivity contribution is 0.399. The number of halogens is 1. The molecule has 0 atom stereocenters. The Bertz CT molecular complexity index is 491. The van der Waals surface area contributed by atoms with Crippen molar-refractivity contribution in [3.63, 3.8) is 0 Å². The van der Waals surface area contributed by atoms with Gasteiger partial charge in [0, 0.05) is 6.42 Å². The fourth-order valence-corrected chi connectivity index (χ4v) is 1.31. The molecule has 2 aromatic rings. The van der Waals surface area contributed by atoms with Gasteiger partial charge in [0.05, 0.1) is 0 Å². The van der Waals surface area contributed by atoms with Crippen molar-refractivity contribution in [2.45, 2.75) is 6.42 Å². The Morgan fingerprint density at radius 1 is 1.43 bits per heavy atom. The smallest absolute Gasteiger partial charge is 0.314 e. The topological polar surface area (TPSA) is 41.8 Å².